The van der Waals surface area contributed by atoms with Gasteiger partial charge in [0.15, 0.2) is 5.96 Å². The van der Waals surface area contributed by atoms with Gasteiger partial charge >= 0.3 is 0 Å². The standard InChI is InChI=1S/C16H22ClN5/c1-11(22-7-6-14(18)10-22)8-15(21-16(19)20)9-12-2-4-13(17)5-3-12/h2-5,8,14H,1,6-7,9-10,18H2,(H4,19,20,21)/b15-8-/t14-/m1/s1. The molecule has 0 radical (unpaired) electrons. The minimum absolute atomic E-state index is 0.0335. The first-order valence-corrected chi connectivity index (χ1v) is 7.56. The van der Waals surface area contributed by atoms with Crippen LogP contribution in [0.15, 0.2) is 53.3 Å². The maximum absolute atomic E-state index is 5.93. The molecule has 0 amide bonds. The molecular formula is C16H22ClN5. The van der Waals surface area contributed by atoms with Crippen molar-refractivity contribution in [3.8, 4) is 0 Å². The van der Waals surface area contributed by atoms with Crippen LogP contribution in [0.25, 0.3) is 0 Å². The van der Waals surface area contributed by atoms with Crippen molar-refractivity contribution in [1.82, 2.24) is 4.90 Å². The van der Waals surface area contributed by atoms with Gasteiger partial charge in [0, 0.05) is 36.3 Å². The molecule has 1 aliphatic rings. The summed E-state index contributed by atoms with van der Waals surface area (Å²) in [6, 6.07) is 7.80. The maximum atomic E-state index is 5.93. The van der Waals surface area contributed by atoms with Crippen molar-refractivity contribution in [1.29, 1.82) is 0 Å². The van der Waals surface area contributed by atoms with Gasteiger partial charge in [0.25, 0.3) is 0 Å². The number of benzene rings is 1. The van der Waals surface area contributed by atoms with Crippen molar-refractivity contribution in [3.05, 3.63) is 58.9 Å². The van der Waals surface area contributed by atoms with Crippen molar-refractivity contribution in [2.45, 2.75) is 18.9 Å². The number of likely N-dealkylation sites (tertiary alicyclic amines) is 1. The molecule has 1 atom stereocenters. The lowest BCUT2D eigenvalue weighted by Crippen LogP contribution is -2.25. The number of halogens is 1. The highest BCUT2D eigenvalue weighted by Crippen LogP contribution is 2.18. The van der Waals surface area contributed by atoms with Gasteiger partial charge in [-0.3, -0.25) is 0 Å². The molecule has 2 rings (SSSR count). The van der Waals surface area contributed by atoms with E-state index >= 15 is 0 Å². The Morgan fingerprint density at radius 1 is 1.36 bits per heavy atom. The minimum atomic E-state index is 0.0335. The smallest absolute Gasteiger partial charge is 0.190 e. The number of nitrogens with zero attached hydrogens (tertiary/aromatic N) is 2. The first kappa shape index (κ1) is 16.4. The molecule has 1 fully saturated rings. The van der Waals surface area contributed by atoms with Crippen LogP contribution in [0.3, 0.4) is 0 Å². The van der Waals surface area contributed by atoms with Crippen LogP contribution in [0.2, 0.25) is 5.02 Å². The van der Waals surface area contributed by atoms with Crippen molar-refractivity contribution in [2.75, 3.05) is 13.1 Å². The van der Waals surface area contributed by atoms with Gasteiger partial charge in [0.1, 0.15) is 0 Å². The second kappa shape index (κ2) is 7.33. The largest absolute Gasteiger partial charge is 0.370 e. The molecule has 1 aromatic carbocycles. The molecule has 1 heterocycles. The van der Waals surface area contributed by atoms with Crippen LogP contribution in [0, 0.1) is 0 Å². The summed E-state index contributed by atoms with van der Waals surface area (Å²) >= 11 is 5.90. The van der Waals surface area contributed by atoms with Gasteiger partial charge in [-0.1, -0.05) is 30.3 Å². The predicted octanol–water partition coefficient (Wildman–Crippen LogP) is 1.59. The normalized spacial score (nSPS) is 18.4. The molecule has 0 aliphatic carbocycles. The van der Waals surface area contributed by atoms with E-state index in [0.717, 1.165) is 36.5 Å². The Bertz CT molecular complexity index is 587. The van der Waals surface area contributed by atoms with E-state index in [1.165, 1.54) is 0 Å². The van der Waals surface area contributed by atoms with Crippen LogP contribution in [-0.2, 0) is 6.42 Å². The summed E-state index contributed by atoms with van der Waals surface area (Å²) in [7, 11) is 0. The SMILES string of the molecule is C=C(/C=C(/Cc1ccc(Cl)cc1)N=C(N)N)N1CC[C@@H](N)C1. The van der Waals surface area contributed by atoms with Gasteiger partial charge in [-0.15, -0.1) is 0 Å². The van der Waals surface area contributed by atoms with Crippen LogP contribution in [-0.4, -0.2) is 30.0 Å². The first-order chi connectivity index (χ1) is 10.4. The molecule has 118 valence electrons. The topological polar surface area (TPSA) is 93.7 Å². The highest BCUT2D eigenvalue weighted by Gasteiger charge is 2.19. The third kappa shape index (κ3) is 4.79. The number of guanidine groups is 1. The van der Waals surface area contributed by atoms with Gasteiger partial charge in [-0.25, -0.2) is 4.99 Å². The molecule has 1 aromatic rings. The number of hydrogen-bond donors (Lipinski definition) is 3. The highest BCUT2D eigenvalue weighted by molar-refractivity contribution is 6.30. The van der Waals surface area contributed by atoms with Gasteiger partial charge in [-0.05, 0) is 30.2 Å². The zero-order chi connectivity index (χ0) is 16.1. The number of nitrogens with two attached hydrogens (primary N) is 3. The van der Waals surface area contributed by atoms with E-state index in [4.69, 9.17) is 28.8 Å². The third-order valence-electron chi connectivity index (χ3n) is 3.54. The lowest BCUT2D eigenvalue weighted by Gasteiger charge is -2.18. The van der Waals surface area contributed by atoms with E-state index in [9.17, 15) is 0 Å². The second-order valence-electron chi connectivity index (χ2n) is 5.46. The van der Waals surface area contributed by atoms with E-state index < -0.39 is 0 Å². The lowest BCUT2D eigenvalue weighted by atomic mass is 10.1. The quantitative estimate of drug-likeness (QED) is 0.436. The van der Waals surface area contributed by atoms with Crippen LogP contribution in [0.1, 0.15) is 12.0 Å². The molecule has 0 aromatic heterocycles. The zero-order valence-electron chi connectivity index (χ0n) is 12.5. The van der Waals surface area contributed by atoms with Gasteiger partial charge < -0.3 is 22.1 Å². The van der Waals surface area contributed by atoms with E-state index in [2.05, 4.69) is 16.5 Å². The monoisotopic (exact) mass is 319 g/mol. The number of rotatable bonds is 5. The Balaban J connectivity index is 2.14. The molecule has 5 nitrogen and oxygen atoms in total. The Morgan fingerprint density at radius 3 is 2.59 bits per heavy atom. The van der Waals surface area contributed by atoms with E-state index in [1.54, 1.807) is 0 Å². The zero-order valence-corrected chi connectivity index (χ0v) is 13.3. The van der Waals surface area contributed by atoms with Crippen molar-refractivity contribution >= 4 is 17.6 Å². The Labute approximate surface area is 136 Å². The molecule has 6 N–H and O–H groups in total. The van der Waals surface area contributed by atoms with Gasteiger partial charge in [-0.2, -0.15) is 0 Å². The van der Waals surface area contributed by atoms with Crippen molar-refractivity contribution in [2.24, 2.45) is 22.2 Å². The summed E-state index contributed by atoms with van der Waals surface area (Å²) in [5.41, 5.74) is 19.7. The molecule has 0 spiro atoms. The molecule has 0 saturated carbocycles. The fraction of sp³-hybridized carbons (Fsp3) is 0.312. The van der Waals surface area contributed by atoms with Crippen LogP contribution >= 0.6 is 11.6 Å². The molecule has 1 saturated heterocycles. The summed E-state index contributed by atoms with van der Waals surface area (Å²) in [6.07, 6.45) is 3.49. The molecule has 0 unspecified atom stereocenters. The molecular weight excluding hydrogens is 298 g/mol. The van der Waals surface area contributed by atoms with Crippen LogP contribution < -0.4 is 17.2 Å². The predicted molar refractivity (Wildman–Crippen MR) is 92.4 cm³/mol. The average Bonchev–Trinajstić information content (AvgIpc) is 2.87. The third-order valence-corrected chi connectivity index (χ3v) is 3.79. The van der Waals surface area contributed by atoms with Gasteiger partial charge in [0.2, 0.25) is 0 Å². The average molecular weight is 320 g/mol. The van der Waals surface area contributed by atoms with Crippen molar-refractivity contribution < 1.29 is 0 Å². The second-order valence-corrected chi connectivity index (χ2v) is 5.90. The van der Waals surface area contributed by atoms with Crippen LogP contribution in [0.4, 0.5) is 0 Å². The number of hydrogen-bond acceptors (Lipinski definition) is 3. The summed E-state index contributed by atoms with van der Waals surface area (Å²) in [4.78, 5) is 6.35. The van der Waals surface area contributed by atoms with E-state index in [0.29, 0.717) is 11.4 Å². The Kier molecular flexibility index (Phi) is 5.46. The Hall–Kier alpha value is -1.98. The fourth-order valence-corrected chi connectivity index (χ4v) is 2.56. The lowest BCUT2D eigenvalue weighted by molar-refractivity contribution is 0.434. The Morgan fingerprint density at radius 2 is 2.05 bits per heavy atom. The first-order valence-electron chi connectivity index (χ1n) is 7.18. The molecule has 0 bridgehead atoms. The maximum Gasteiger partial charge on any atom is 0.190 e. The van der Waals surface area contributed by atoms with E-state index in [-0.39, 0.29) is 12.0 Å². The summed E-state index contributed by atoms with van der Waals surface area (Å²) < 4.78 is 0. The number of aliphatic imine (C=N–C) groups is 1. The van der Waals surface area contributed by atoms with E-state index in [1.807, 2.05) is 30.3 Å². The fourth-order valence-electron chi connectivity index (χ4n) is 2.43. The summed E-state index contributed by atoms with van der Waals surface area (Å²) in [5.74, 6) is 0.0335. The minimum Gasteiger partial charge on any atom is -0.370 e. The molecule has 6 heteroatoms. The van der Waals surface area contributed by atoms with Crippen LogP contribution in [0.5, 0.6) is 0 Å². The summed E-state index contributed by atoms with van der Waals surface area (Å²) in [6.45, 7) is 5.82. The number of allylic oxidation sites excluding steroid dienone is 2. The molecule has 22 heavy (non-hydrogen) atoms. The van der Waals surface area contributed by atoms with Crippen molar-refractivity contribution in [3.63, 3.8) is 0 Å². The van der Waals surface area contributed by atoms with Gasteiger partial charge in [0.05, 0.1) is 5.70 Å². The highest BCUT2D eigenvalue weighted by atomic mass is 35.5. The molecule has 1 aliphatic heterocycles. The summed E-state index contributed by atoms with van der Waals surface area (Å²) in [5, 5.41) is 0.701.